The van der Waals surface area contributed by atoms with Gasteiger partial charge in [0.2, 0.25) is 0 Å². The molecule has 1 amide bonds. The van der Waals surface area contributed by atoms with Gasteiger partial charge in [0.1, 0.15) is 0 Å². The van der Waals surface area contributed by atoms with Crippen molar-refractivity contribution in [2.45, 2.75) is 39.0 Å². The van der Waals surface area contributed by atoms with E-state index in [0.29, 0.717) is 18.4 Å². The monoisotopic (exact) mass is 307 g/mol. The molecule has 3 atom stereocenters. The highest BCUT2D eigenvalue weighted by atomic mass is 35.5. The summed E-state index contributed by atoms with van der Waals surface area (Å²) in [6.07, 6.45) is 0.869. The topological polar surface area (TPSA) is 29.5 Å². The van der Waals surface area contributed by atoms with Crippen LogP contribution in [-0.2, 0) is 4.74 Å². The number of ether oxygens (including phenoxy) is 1. The van der Waals surface area contributed by atoms with Crippen LogP contribution in [0.4, 0.5) is 4.79 Å². The summed E-state index contributed by atoms with van der Waals surface area (Å²) in [5, 5.41) is 0.858. The molecule has 1 aromatic rings. The number of carbonyl (C=O) groups excluding carboxylic acids is 1. The van der Waals surface area contributed by atoms with E-state index >= 15 is 0 Å². The van der Waals surface area contributed by atoms with Gasteiger partial charge in [-0.15, -0.1) is 0 Å². The van der Waals surface area contributed by atoms with E-state index in [1.165, 1.54) is 11.1 Å². The number of likely N-dealkylation sites (tertiary alicyclic amines) is 1. The Labute approximate surface area is 131 Å². The van der Waals surface area contributed by atoms with E-state index in [4.69, 9.17) is 16.3 Å². The summed E-state index contributed by atoms with van der Waals surface area (Å²) in [5.74, 6) is 0.781. The first-order valence-corrected chi connectivity index (χ1v) is 8.04. The van der Waals surface area contributed by atoms with Crippen LogP contribution >= 0.6 is 11.6 Å². The van der Waals surface area contributed by atoms with Crippen LogP contribution in [0.1, 0.15) is 50.2 Å². The third-order valence-corrected chi connectivity index (χ3v) is 5.38. The molecule has 1 heterocycles. The standard InChI is InChI=1S/C17H22ClNO2/c1-4-21-16(20)19-9-13-12-6-5-7-14(18)15(12)11(2)8-17(13,3)10-19/h5-7,11,13H,4,8-10H2,1-3H3/t11?,13?,17-/m0/s1. The second-order valence-corrected chi connectivity index (χ2v) is 7.04. The van der Waals surface area contributed by atoms with Gasteiger partial charge in [-0.2, -0.15) is 0 Å². The molecule has 0 saturated carbocycles. The first-order valence-electron chi connectivity index (χ1n) is 7.66. The van der Waals surface area contributed by atoms with Gasteiger partial charge in [-0.1, -0.05) is 37.6 Å². The number of rotatable bonds is 1. The maximum absolute atomic E-state index is 12.1. The Hall–Kier alpha value is -1.22. The van der Waals surface area contributed by atoms with Crippen molar-refractivity contribution in [1.29, 1.82) is 0 Å². The summed E-state index contributed by atoms with van der Waals surface area (Å²) >= 11 is 6.42. The average molecular weight is 308 g/mol. The minimum Gasteiger partial charge on any atom is -0.450 e. The zero-order valence-electron chi connectivity index (χ0n) is 12.9. The van der Waals surface area contributed by atoms with E-state index in [9.17, 15) is 4.79 Å². The fourth-order valence-electron chi connectivity index (χ4n) is 4.26. The molecule has 1 saturated heterocycles. The van der Waals surface area contributed by atoms with E-state index in [0.717, 1.165) is 24.5 Å². The molecule has 2 aliphatic rings. The van der Waals surface area contributed by atoms with Gasteiger partial charge in [0.25, 0.3) is 0 Å². The van der Waals surface area contributed by atoms with Crippen LogP contribution in [0.25, 0.3) is 0 Å². The van der Waals surface area contributed by atoms with Crippen molar-refractivity contribution in [2.75, 3.05) is 19.7 Å². The second-order valence-electron chi connectivity index (χ2n) is 6.63. The molecule has 0 aromatic heterocycles. The van der Waals surface area contributed by atoms with Crippen LogP contribution < -0.4 is 0 Å². The van der Waals surface area contributed by atoms with Gasteiger partial charge in [-0.05, 0) is 41.9 Å². The summed E-state index contributed by atoms with van der Waals surface area (Å²) in [7, 11) is 0. The summed E-state index contributed by atoms with van der Waals surface area (Å²) in [4.78, 5) is 13.9. The average Bonchev–Trinajstić information content (AvgIpc) is 2.76. The maximum atomic E-state index is 12.1. The summed E-state index contributed by atoms with van der Waals surface area (Å²) in [6.45, 7) is 8.30. The number of hydrogen-bond donors (Lipinski definition) is 0. The van der Waals surface area contributed by atoms with Crippen molar-refractivity contribution >= 4 is 17.7 Å². The molecule has 3 rings (SSSR count). The highest BCUT2D eigenvalue weighted by molar-refractivity contribution is 6.31. The molecule has 1 aliphatic carbocycles. The van der Waals surface area contributed by atoms with Gasteiger partial charge >= 0.3 is 6.09 Å². The molecule has 0 N–H and O–H groups in total. The molecule has 114 valence electrons. The third-order valence-electron chi connectivity index (χ3n) is 5.05. The highest BCUT2D eigenvalue weighted by Gasteiger charge is 2.50. The zero-order valence-corrected chi connectivity index (χ0v) is 13.6. The lowest BCUT2D eigenvalue weighted by atomic mass is 9.63. The molecule has 0 radical (unpaired) electrons. The van der Waals surface area contributed by atoms with Crippen LogP contribution in [0.5, 0.6) is 0 Å². The number of nitrogens with zero attached hydrogens (tertiary/aromatic N) is 1. The number of benzene rings is 1. The Morgan fingerprint density at radius 1 is 1.52 bits per heavy atom. The number of fused-ring (bicyclic) bond motifs is 3. The summed E-state index contributed by atoms with van der Waals surface area (Å²) in [6, 6.07) is 6.17. The lowest BCUT2D eigenvalue weighted by Gasteiger charge is -2.40. The van der Waals surface area contributed by atoms with Crippen molar-refractivity contribution in [3.8, 4) is 0 Å². The number of amides is 1. The van der Waals surface area contributed by atoms with E-state index in [2.05, 4.69) is 19.9 Å². The largest absolute Gasteiger partial charge is 0.450 e. The number of halogens is 1. The van der Waals surface area contributed by atoms with E-state index in [-0.39, 0.29) is 11.5 Å². The highest BCUT2D eigenvalue weighted by Crippen LogP contribution is 2.55. The van der Waals surface area contributed by atoms with E-state index < -0.39 is 0 Å². The molecule has 1 aromatic carbocycles. The van der Waals surface area contributed by atoms with Crippen LogP contribution in [-0.4, -0.2) is 30.7 Å². The Morgan fingerprint density at radius 2 is 2.29 bits per heavy atom. The van der Waals surface area contributed by atoms with Gasteiger partial charge in [-0.3, -0.25) is 0 Å². The van der Waals surface area contributed by atoms with Crippen LogP contribution in [0.3, 0.4) is 0 Å². The SMILES string of the molecule is CCOC(=O)N1CC2c3cccc(Cl)c3C(C)C[C@@]2(C)C1. The van der Waals surface area contributed by atoms with Crippen LogP contribution in [0.2, 0.25) is 5.02 Å². The molecule has 0 bridgehead atoms. The lowest BCUT2D eigenvalue weighted by molar-refractivity contribution is 0.110. The quantitative estimate of drug-likeness (QED) is 0.769. The van der Waals surface area contributed by atoms with Crippen LogP contribution in [0, 0.1) is 5.41 Å². The first kappa shape index (κ1) is 14.7. The predicted molar refractivity (Wildman–Crippen MR) is 83.9 cm³/mol. The number of hydrogen-bond acceptors (Lipinski definition) is 2. The normalized spacial score (nSPS) is 30.8. The summed E-state index contributed by atoms with van der Waals surface area (Å²) in [5.41, 5.74) is 2.70. The molecular weight excluding hydrogens is 286 g/mol. The van der Waals surface area contributed by atoms with Crippen molar-refractivity contribution in [2.24, 2.45) is 5.41 Å². The van der Waals surface area contributed by atoms with Crippen molar-refractivity contribution in [1.82, 2.24) is 4.90 Å². The first-order chi connectivity index (χ1) is 9.96. The minimum absolute atomic E-state index is 0.115. The fourth-order valence-corrected chi connectivity index (χ4v) is 4.63. The minimum atomic E-state index is -0.190. The van der Waals surface area contributed by atoms with Crippen molar-refractivity contribution < 1.29 is 9.53 Å². The third kappa shape index (κ3) is 2.32. The van der Waals surface area contributed by atoms with Crippen molar-refractivity contribution in [3.05, 3.63) is 34.3 Å². The Morgan fingerprint density at radius 3 is 3.00 bits per heavy atom. The lowest BCUT2D eigenvalue weighted by Crippen LogP contribution is -2.33. The van der Waals surface area contributed by atoms with Gasteiger partial charge in [0.15, 0.2) is 0 Å². The fraction of sp³-hybridized carbons (Fsp3) is 0.588. The molecule has 4 heteroatoms. The van der Waals surface area contributed by atoms with Gasteiger partial charge in [-0.25, -0.2) is 4.79 Å². The smallest absolute Gasteiger partial charge is 0.409 e. The van der Waals surface area contributed by atoms with Gasteiger partial charge in [0.05, 0.1) is 6.61 Å². The van der Waals surface area contributed by atoms with E-state index in [1.54, 1.807) is 0 Å². The predicted octanol–water partition coefficient (Wildman–Crippen LogP) is 4.41. The summed E-state index contributed by atoms with van der Waals surface area (Å²) < 4.78 is 5.18. The second kappa shape index (κ2) is 5.20. The zero-order chi connectivity index (χ0) is 15.2. The van der Waals surface area contributed by atoms with Crippen molar-refractivity contribution in [3.63, 3.8) is 0 Å². The Bertz CT molecular complexity index is 574. The van der Waals surface area contributed by atoms with Crippen LogP contribution in [0.15, 0.2) is 18.2 Å². The van der Waals surface area contributed by atoms with Gasteiger partial charge in [0, 0.05) is 24.0 Å². The molecule has 3 nitrogen and oxygen atoms in total. The maximum Gasteiger partial charge on any atom is 0.409 e. The Balaban J connectivity index is 1.97. The Kier molecular flexibility index (Phi) is 3.64. The molecule has 1 fully saturated rings. The van der Waals surface area contributed by atoms with Gasteiger partial charge < -0.3 is 9.64 Å². The molecule has 2 unspecified atom stereocenters. The molecular formula is C17H22ClNO2. The van der Waals surface area contributed by atoms with E-state index in [1.807, 2.05) is 24.0 Å². The molecule has 1 aliphatic heterocycles. The number of carbonyl (C=O) groups is 1. The molecule has 0 spiro atoms. The molecule has 21 heavy (non-hydrogen) atoms.